The number of nitrogens with zero attached hydrogens (tertiary/aromatic N) is 4. The smallest absolute Gasteiger partial charge is 0.230 e. The molecule has 0 spiro atoms. The number of furan rings is 1. The molecule has 1 aliphatic rings. The van der Waals surface area contributed by atoms with Gasteiger partial charge in [-0.25, -0.2) is 0 Å². The van der Waals surface area contributed by atoms with E-state index in [1.54, 1.807) is 6.26 Å². The van der Waals surface area contributed by atoms with Gasteiger partial charge in [0.05, 0.1) is 25.2 Å². The Bertz CT molecular complexity index is 697. The predicted octanol–water partition coefficient (Wildman–Crippen LogP) is 1.49. The molecule has 0 aliphatic carbocycles. The van der Waals surface area contributed by atoms with Crippen LogP contribution in [-0.2, 0) is 16.1 Å². The van der Waals surface area contributed by atoms with E-state index >= 15 is 0 Å². The first-order valence-electron chi connectivity index (χ1n) is 8.87. The van der Waals surface area contributed by atoms with Gasteiger partial charge in [0.2, 0.25) is 5.91 Å². The van der Waals surface area contributed by atoms with Crippen molar-refractivity contribution in [2.24, 2.45) is 0 Å². The minimum atomic E-state index is 0.000288. The van der Waals surface area contributed by atoms with Crippen molar-refractivity contribution in [3.8, 4) is 11.6 Å². The highest BCUT2D eigenvalue weighted by Gasteiger charge is 2.19. The van der Waals surface area contributed by atoms with Crippen LogP contribution in [0.1, 0.15) is 13.8 Å². The average Bonchev–Trinajstić information content (AvgIpc) is 3.34. The van der Waals surface area contributed by atoms with Gasteiger partial charge < -0.3 is 14.5 Å². The molecule has 1 unspecified atom stereocenters. The zero-order valence-corrected chi connectivity index (χ0v) is 16.0. The monoisotopic (exact) mass is 379 g/mol. The highest BCUT2D eigenvalue weighted by Crippen LogP contribution is 2.24. The standard InChI is InChI=1S/C17H25N5O3S/c1-3-22-16(14-5-4-8-25-14)19-20-17(22)26-12-15(23)18-11-13(2)21-6-9-24-10-7-21/h4-5,8,13H,3,6-7,9-12H2,1-2H3,(H,18,23). The molecule has 1 atom stereocenters. The molecule has 26 heavy (non-hydrogen) atoms. The Hall–Kier alpha value is -1.84. The van der Waals surface area contributed by atoms with Crippen molar-refractivity contribution in [2.45, 2.75) is 31.6 Å². The largest absolute Gasteiger partial charge is 0.461 e. The van der Waals surface area contributed by atoms with Crippen LogP contribution < -0.4 is 5.32 Å². The Kier molecular flexibility index (Phi) is 6.70. The highest BCUT2D eigenvalue weighted by atomic mass is 32.2. The Morgan fingerprint density at radius 3 is 2.88 bits per heavy atom. The van der Waals surface area contributed by atoms with Crippen molar-refractivity contribution in [2.75, 3.05) is 38.6 Å². The lowest BCUT2D eigenvalue weighted by molar-refractivity contribution is -0.118. The highest BCUT2D eigenvalue weighted by molar-refractivity contribution is 7.99. The second kappa shape index (κ2) is 9.20. The minimum Gasteiger partial charge on any atom is -0.461 e. The molecule has 3 heterocycles. The molecule has 0 saturated carbocycles. The summed E-state index contributed by atoms with van der Waals surface area (Å²) in [4.78, 5) is 14.5. The maximum Gasteiger partial charge on any atom is 0.230 e. The van der Waals surface area contributed by atoms with Crippen molar-refractivity contribution >= 4 is 17.7 Å². The van der Waals surface area contributed by atoms with E-state index in [1.165, 1.54) is 11.8 Å². The summed E-state index contributed by atoms with van der Waals surface area (Å²) in [6, 6.07) is 3.97. The third-order valence-electron chi connectivity index (χ3n) is 4.37. The number of carbonyl (C=O) groups is 1. The summed E-state index contributed by atoms with van der Waals surface area (Å²) in [6.07, 6.45) is 1.61. The van der Waals surface area contributed by atoms with E-state index in [4.69, 9.17) is 9.15 Å². The van der Waals surface area contributed by atoms with Crippen molar-refractivity contribution in [1.29, 1.82) is 0 Å². The summed E-state index contributed by atoms with van der Waals surface area (Å²) < 4.78 is 12.7. The number of nitrogens with one attached hydrogen (secondary N) is 1. The van der Waals surface area contributed by atoms with Crippen LogP contribution in [0.3, 0.4) is 0 Å². The second-order valence-corrected chi connectivity index (χ2v) is 7.06. The Morgan fingerprint density at radius 1 is 1.38 bits per heavy atom. The second-order valence-electron chi connectivity index (χ2n) is 6.12. The molecule has 2 aromatic rings. The fourth-order valence-corrected chi connectivity index (χ4v) is 3.69. The lowest BCUT2D eigenvalue weighted by Crippen LogP contribution is -2.47. The van der Waals surface area contributed by atoms with Gasteiger partial charge >= 0.3 is 0 Å². The van der Waals surface area contributed by atoms with Gasteiger partial charge in [0, 0.05) is 32.2 Å². The number of ether oxygens (including phenoxy) is 1. The van der Waals surface area contributed by atoms with Crippen LogP contribution in [-0.4, -0.2) is 70.2 Å². The first-order valence-corrected chi connectivity index (χ1v) is 9.86. The predicted molar refractivity (Wildman–Crippen MR) is 99.0 cm³/mol. The SMILES string of the molecule is CCn1c(SCC(=O)NCC(C)N2CCOCC2)nnc1-c1ccco1. The average molecular weight is 379 g/mol. The first-order chi connectivity index (χ1) is 12.7. The fraction of sp³-hybridized carbons (Fsp3) is 0.588. The number of carbonyl (C=O) groups excluding carboxylic acids is 1. The van der Waals surface area contributed by atoms with Crippen LogP contribution in [0.5, 0.6) is 0 Å². The molecule has 1 fully saturated rings. The number of amides is 1. The van der Waals surface area contributed by atoms with Crippen LogP contribution in [0.4, 0.5) is 0 Å². The third kappa shape index (κ3) is 4.66. The lowest BCUT2D eigenvalue weighted by atomic mass is 10.2. The van der Waals surface area contributed by atoms with E-state index < -0.39 is 0 Å². The molecule has 1 aliphatic heterocycles. The summed E-state index contributed by atoms with van der Waals surface area (Å²) in [7, 11) is 0. The van der Waals surface area contributed by atoms with Crippen LogP contribution in [0.15, 0.2) is 28.0 Å². The van der Waals surface area contributed by atoms with E-state index in [0.717, 1.165) is 31.5 Å². The summed E-state index contributed by atoms with van der Waals surface area (Å²) >= 11 is 1.39. The van der Waals surface area contributed by atoms with Crippen molar-refractivity contribution in [3.63, 3.8) is 0 Å². The number of rotatable bonds is 8. The molecular weight excluding hydrogens is 354 g/mol. The normalized spacial score (nSPS) is 16.5. The minimum absolute atomic E-state index is 0.000288. The van der Waals surface area contributed by atoms with E-state index in [-0.39, 0.29) is 5.91 Å². The molecule has 0 aromatic carbocycles. The fourth-order valence-electron chi connectivity index (χ4n) is 2.86. The van der Waals surface area contributed by atoms with Gasteiger partial charge in [-0.3, -0.25) is 14.3 Å². The van der Waals surface area contributed by atoms with E-state index in [1.807, 2.05) is 23.6 Å². The number of hydrogen-bond acceptors (Lipinski definition) is 7. The van der Waals surface area contributed by atoms with Crippen LogP contribution in [0, 0.1) is 0 Å². The molecule has 1 amide bonds. The van der Waals surface area contributed by atoms with Crippen LogP contribution >= 0.6 is 11.8 Å². The van der Waals surface area contributed by atoms with Gasteiger partial charge in [-0.1, -0.05) is 11.8 Å². The Balaban J connectivity index is 1.48. The van der Waals surface area contributed by atoms with Crippen molar-refractivity contribution in [1.82, 2.24) is 25.0 Å². The zero-order chi connectivity index (χ0) is 18.4. The topological polar surface area (TPSA) is 85.4 Å². The maximum absolute atomic E-state index is 12.2. The number of thioether (sulfide) groups is 1. The third-order valence-corrected chi connectivity index (χ3v) is 5.34. The summed E-state index contributed by atoms with van der Waals surface area (Å²) in [5.74, 6) is 1.67. The van der Waals surface area contributed by atoms with Gasteiger partial charge in [-0.15, -0.1) is 10.2 Å². The number of morpholine rings is 1. The molecule has 8 nitrogen and oxygen atoms in total. The summed E-state index contributed by atoms with van der Waals surface area (Å²) in [5, 5.41) is 12.1. The van der Waals surface area contributed by atoms with Gasteiger partial charge in [0.15, 0.2) is 16.7 Å². The van der Waals surface area contributed by atoms with Gasteiger partial charge in [-0.05, 0) is 26.0 Å². The Morgan fingerprint density at radius 2 is 2.19 bits per heavy atom. The molecule has 1 N–H and O–H groups in total. The lowest BCUT2D eigenvalue weighted by Gasteiger charge is -2.32. The molecule has 2 aromatic heterocycles. The Labute approximate surface area is 157 Å². The maximum atomic E-state index is 12.2. The molecule has 1 saturated heterocycles. The van der Waals surface area contributed by atoms with E-state index in [2.05, 4.69) is 27.3 Å². The molecule has 9 heteroatoms. The van der Waals surface area contributed by atoms with Crippen molar-refractivity contribution < 1.29 is 13.9 Å². The quantitative estimate of drug-likeness (QED) is 0.696. The summed E-state index contributed by atoms with van der Waals surface area (Å²) in [5.41, 5.74) is 0. The number of aromatic nitrogens is 3. The molecule has 3 rings (SSSR count). The molecule has 142 valence electrons. The molecule has 0 radical (unpaired) electrons. The van der Waals surface area contributed by atoms with Crippen LogP contribution in [0.2, 0.25) is 0 Å². The van der Waals surface area contributed by atoms with Crippen LogP contribution in [0.25, 0.3) is 11.6 Å². The zero-order valence-electron chi connectivity index (χ0n) is 15.2. The first kappa shape index (κ1) is 18.9. The van der Waals surface area contributed by atoms with Gasteiger partial charge in [0.1, 0.15) is 0 Å². The van der Waals surface area contributed by atoms with E-state index in [9.17, 15) is 4.79 Å². The molecular formula is C17H25N5O3S. The van der Waals surface area contributed by atoms with E-state index in [0.29, 0.717) is 36.5 Å². The summed E-state index contributed by atoms with van der Waals surface area (Å²) in [6.45, 7) is 8.85. The van der Waals surface area contributed by atoms with Gasteiger partial charge in [0.25, 0.3) is 0 Å². The van der Waals surface area contributed by atoms with Crippen molar-refractivity contribution in [3.05, 3.63) is 18.4 Å². The van der Waals surface area contributed by atoms with Gasteiger partial charge in [-0.2, -0.15) is 0 Å². The molecule has 0 bridgehead atoms. The number of hydrogen-bond donors (Lipinski definition) is 1.